The van der Waals surface area contributed by atoms with Crippen molar-refractivity contribution in [3.05, 3.63) is 29.8 Å². The van der Waals surface area contributed by atoms with Crippen LogP contribution in [0.1, 0.15) is 10.4 Å². The molecule has 0 radical (unpaired) electrons. The minimum Gasteiger partial charge on any atom is -0.414 e. The van der Waals surface area contributed by atoms with Crippen molar-refractivity contribution in [1.82, 2.24) is 0 Å². The molecule has 74 valence electrons. The zero-order valence-electron chi connectivity index (χ0n) is 6.97. The van der Waals surface area contributed by atoms with Crippen molar-refractivity contribution in [2.24, 2.45) is 0 Å². The van der Waals surface area contributed by atoms with Crippen molar-refractivity contribution in [1.29, 1.82) is 0 Å². The van der Waals surface area contributed by atoms with Gasteiger partial charge in [0.15, 0.2) is 0 Å². The highest BCUT2D eigenvalue weighted by atomic mass is 35.5. The third-order valence-electron chi connectivity index (χ3n) is 1.71. The first-order chi connectivity index (χ1) is 6.64. The van der Waals surface area contributed by atoms with Crippen LogP contribution in [0.3, 0.4) is 0 Å². The Balaban J connectivity index is 2.48. The van der Waals surface area contributed by atoms with Gasteiger partial charge in [-0.15, -0.1) is 11.6 Å². The molecule has 0 spiro atoms. The van der Waals surface area contributed by atoms with E-state index in [2.05, 4.69) is 4.52 Å². The van der Waals surface area contributed by atoms with Gasteiger partial charge in [-0.3, -0.25) is 0 Å². The van der Waals surface area contributed by atoms with E-state index in [1.807, 2.05) is 0 Å². The summed E-state index contributed by atoms with van der Waals surface area (Å²) in [5.41, 5.74) is -0.0725. The highest BCUT2D eigenvalue weighted by Crippen LogP contribution is 2.53. The normalized spacial score (nSPS) is 24.8. The number of fused-ring (bicyclic) bond motifs is 1. The Morgan fingerprint density at radius 2 is 2.00 bits per heavy atom. The molecule has 1 heterocycles. The fraction of sp³-hybridized carbons (Fsp3) is 0.125. The number of benzene rings is 1. The summed E-state index contributed by atoms with van der Waals surface area (Å²) in [6.45, 7) is 0. The Bertz CT molecular complexity index is 431. The summed E-state index contributed by atoms with van der Waals surface area (Å²) in [6.07, 6.45) is 0. The second-order valence-electron chi connectivity index (χ2n) is 2.70. The quantitative estimate of drug-likeness (QED) is 0.552. The van der Waals surface area contributed by atoms with Gasteiger partial charge in [0, 0.05) is 0 Å². The summed E-state index contributed by atoms with van der Waals surface area (Å²) in [5, 5.41) is 0. The maximum Gasteiger partial charge on any atom is 0.447 e. The van der Waals surface area contributed by atoms with E-state index in [4.69, 9.17) is 16.1 Å². The molecule has 14 heavy (non-hydrogen) atoms. The van der Waals surface area contributed by atoms with Gasteiger partial charge in [0.1, 0.15) is 16.9 Å². The van der Waals surface area contributed by atoms with Gasteiger partial charge in [-0.2, -0.15) is 0 Å². The predicted molar refractivity (Wildman–Crippen MR) is 50.8 cm³/mol. The third-order valence-corrected chi connectivity index (χ3v) is 3.80. The number of para-hydroxylation sites is 1. The first kappa shape index (κ1) is 9.56. The Morgan fingerprint density at radius 3 is 2.71 bits per heavy atom. The maximum atomic E-state index is 11.6. The Hall–Kier alpha value is -0.990. The van der Waals surface area contributed by atoms with Crippen LogP contribution in [0, 0.1) is 0 Å². The fourth-order valence-electron chi connectivity index (χ4n) is 1.11. The van der Waals surface area contributed by atoms with E-state index < -0.39 is 13.6 Å². The number of rotatable bonds is 1. The standard InChI is InChI=1S/C8H6ClO4P/c9-5-14(11)12-7-4-2-1-3-6(7)8(10)13-14/h1-4H,5H2. The molecule has 1 aromatic carbocycles. The SMILES string of the molecule is O=C1OP(=O)(CCl)Oc2ccccc21. The van der Waals surface area contributed by atoms with Crippen molar-refractivity contribution in [3.63, 3.8) is 0 Å². The molecular weight excluding hydrogens is 227 g/mol. The fourth-order valence-corrected chi connectivity index (χ4v) is 2.35. The first-order valence-electron chi connectivity index (χ1n) is 3.82. The Labute approximate surface area is 85.3 Å². The van der Waals surface area contributed by atoms with Crippen molar-refractivity contribution in [2.75, 3.05) is 5.62 Å². The maximum absolute atomic E-state index is 11.6. The Kier molecular flexibility index (Phi) is 2.25. The molecule has 6 heteroatoms. The second-order valence-corrected chi connectivity index (χ2v) is 5.24. The van der Waals surface area contributed by atoms with Gasteiger partial charge < -0.3 is 9.05 Å². The minimum absolute atomic E-state index is 0.257. The lowest BCUT2D eigenvalue weighted by Crippen LogP contribution is -2.14. The van der Waals surface area contributed by atoms with Crippen molar-refractivity contribution in [3.8, 4) is 5.75 Å². The molecule has 1 aromatic rings. The molecule has 0 saturated carbocycles. The van der Waals surface area contributed by atoms with Crippen LogP contribution in [0.25, 0.3) is 0 Å². The van der Waals surface area contributed by atoms with Crippen LogP contribution in [0.5, 0.6) is 5.75 Å². The van der Waals surface area contributed by atoms with E-state index in [1.54, 1.807) is 18.2 Å². The summed E-state index contributed by atoms with van der Waals surface area (Å²) in [6, 6.07) is 6.43. The monoisotopic (exact) mass is 232 g/mol. The molecule has 1 unspecified atom stereocenters. The topological polar surface area (TPSA) is 52.6 Å². The van der Waals surface area contributed by atoms with E-state index in [0.29, 0.717) is 0 Å². The van der Waals surface area contributed by atoms with Crippen LogP contribution in [-0.2, 0) is 9.09 Å². The molecule has 2 rings (SSSR count). The van der Waals surface area contributed by atoms with E-state index in [9.17, 15) is 9.36 Å². The minimum atomic E-state index is -3.47. The van der Waals surface area contributed by atoms with E-state index in [1.165, 1.54) is 6.07 Å². The average molecular weight is 233 g/mol. The van der Waals surface area contributed by atoms with Crippen LogP contribution in [-0.4, -0.2) is 11.6 Å². The van der Waals surface area contributed by atoms with Crippen LogP contribution in [0.15, 0.2) is 24.3 Å². The first-order valence-corrected chi connectivity index (χ1v) is 6.08. The highest BCUT2D eigenvalue weighted by Gasteiger charge is 2.36. The molecule has 1 aliphatic heterocycles. The van der Waals surface area contributed by atoms with Gasteiger partial charge in [0.2, 0.25) is 0 Å². The van der Waals surface area contributed by atoms with E-state index in [0.717, 1.165) is 0 Å². The van der Waals surface area contributed by atoms with Gasteiger partial charge in [-0.1, -0.05) is 12.1 Å². The molecule has 0 fully saturated rings. The molecule has 0 N–H and O–H groups in total. The largest absolute Gasteiger partial charge is 0.447 e. The lowest BCUT2D eigenvalue weighted by molar-refractivity contribution is 0.0699. The van der Waals surface area contributed by atoms with Gasteiger partial charge >= 0.3 is 13.6 Å². The summed E-state index contributed by atoms with van der Waals surface area (Å²) in [4.78, 5) is 11.3. The summed E-state index contributed by atoms with van der Waals surface area (Å²) < 4.78 is 21.2. The number of carbonyl (C=O) groups is 1. The Morgan fingerprint density at radius 1 is 1.29 bits per heavy atom. The third kappa shape index (κ3) is 1.51. The van der Waals surface area contributed by atoms with Gasteiger partial charge in [0.25, 0.3) is 0 Å². The van der Waals surface area contributed by atoms with Gasteiger partial charge in [0.05, 0.1) is 0 Å². The molecule has 4 nitrogen and oxygen atoms in total. The molecule has 0 aliphatic carbocycles. The predicted octanol–water partition coefficient (Wildman–Crippen LogP) is 2.63. The molecule has 1 atom stereocenters. The van der Waals surface area contributed by atoms with Crippen LogP contribution < -0.4 is 4.52 Å². The lowest BCUT2D eigenvalue weighted by atomic mass is 10.2. The van der Waals surface area contributed by atoms with Gasteiger partial charge in [-0.25, -0.2) is 9.36 Å². The molecular formula is C8H6ClO4P. The number of hydrogen-bond acceptors (Lipinski definition) is 4. The number of alkyl halides is 1. The van der Waals surface area contributed by atoms with E-state index >= 15 is 0 Å². The number of carbonyl (C=O) groups excluding carboxylic acids is 1. The second kappa shape index (κ2) is 3.30. The van der Waals surface area contributed by atoms with Crippen molar-refractivity contribution < 1.29 is 18.4 Å². The van der Waals surface area contributed by atoms with Crippen molar-refractivity contribution in [2.45, 2.75) is 0 Å². The lowest BCUT2D eigenvalue weighted by Gasteiger charge is -2.22. The van der Waals surface area contributed by atoms with E-state index in [-0.39, 0.29) is 16.9 Å². The zero-order chi connectivity index (χ0) is 10.2. The van der Waals surface area contributed by atoms with Crippen LogP contribution in [0.2, 0.25) is 0 Å². The molecule has 1 aliphatic rings. The summed E-state index contributed by atoms with van der Waals surface area (Å²) in [5.74, 6) is -0.399. The summed E-state index contributed by atoms with van der Waals surface area (Å²) in [7, 11) is -3.47. The van der Waals surface area contributed by atoms with Gasteiger partial charge in [-0.05, 0) is 12.1 Å². The number of hydrogen-bond donors (Lipinski definition) is 0. The van der Waals surface area contributed by atoms with Crippen LogP contribution >= 0.6 is 19.2 Å². The number of halogens is 1. The molecule has 0 aromatic heterocycles. The molecule has 0 saturated heterocycles. The zero-order valence-corrected chi connectivity index (χ0v) is 8.63. The summed E-state index contributed by atoms with van der Waals surface area (Å²) >= 11 is 5.39. The smallest absolute Gasteiger partial charge is 0.414 e. The molecule has 0 amide bonds. The average Bonchev–Trinajstić information content (AvgIpc) is 2.18. The molecule has 0 bridgehead atoms. The highest BCUT2D eigenvalue weighted by molar-refractivity contribution is 7.56. The van der Waals surface area contributed by atoms with Crippen molar-refractivity contribution >= 4 is 25.2 Å². The van der Waals surface area contributed by atoms with Crippen LogP contribution in [0.4, 0.5) is 0 Å².